The van der Waals surface area contributed by atoms with Gasteiger partial charge in [-0.3, -0.25) is 9.59 Å². The molecule has 0 aliphatic heterocycles. The fourth-order valence-electron chi connectivity index (χ4n) is 0.334. The van der Waals surface area contributed by atoms with Gasteiger partial charge in [-0.2, -0.15) is 0 Å². The number of hydrogen-bond donors (Lipinski definition) is 2. The van der Waals surface area contributed by atoms with Gasteiger partial charge in [-0.25, -0.2) is 0 Å². The molecule has 0 bridgehead atoms. The number of carbonyl (C=O) groups is 2. The van der Waals surface area contributed by atoms with Gasteiger partial charge < -0.3 is 11.5 Å². The normalized spacial score (nSPS) is 13.3. The van der Waals surface area contributed by atoms with E-state index in [1.807, 2.05) is 0 Å². The van der Waals surface area contributed by atoms with E-state index in [2.05, 4.69) is 0 Å². The molecule has 4 nitrogen and oxygen atoms in total. The SMILES string of the molecule is CC(C=CC(N)=O)C(N)=O. The zero-order valence-electron chi connectivity index (χ0n) is 5.70. The van der Waals surface area contributed by atoms with Gasteiger partial charge in [-0.15, -0.1) is 0 Å². The molecule has 4 heteroatoms. The van der Waals surface area contributed by atoms with Crippen molar-refractivity contribution in [2.75, 3.05) is 0 Å². The standard InChI is InChI=1S/C6H10N2O2/c1-4(6(8)10)2-3-5(7)9/h2-4H,1H3,(H2,7,9)(H2,8,10). The lowest BCUT2D eigenvalue weighted by Crippen LogP contribution is -2.19. The first kappa shape index (κ1) is 8.68. The summed E-state index contributed by atoms with van der Waals surface area (Å²) in [6.07, 6.45) is 2.49. The van der Waals surface area contributed by atoms with E-state index in [9.17, 15) is 9.59 Å². The van der Waals surface area contributed by atoms with Crippen molar-refractivity contribution in [3.05, 3.63) is 12.2 Å². The largest absolute Gasteiger partial charge is 0.369 e. The van der Waals surface area contributed by atoms with Crippen molar-refractivity contribution >= 4 is 11.8 Å². The topological polar surface area (TPSA) is 86.2 Å². The van der Waals surface area contributed by atoms with Crippen molar-refractivity contribution in [2.24, 2.45) is 17.4 Å². The molecule has 0 heterocycles. The first-order valence-corrected chi connectivity index (χ1v) is 2.81. The summed E-state index contributed by atoms with van der Waals surface area (Å²) in [5.41, 5.74) is 9.64. The molecular formula is C6H10N2O2. The summed E-state index contributed by atoms with van der Waals surface area (Å²) in [5.74, 6) is -1.49. The number of nitrogens with two attached hydrogens (primary N) is 2. The molecule has 0 fully saturated rings. The van der Waals surface area contributed by atoms with E-state index in [4.69, 9.17) is 11.5 Å². The highest BCUT2D eigenvalue weighted by Crippen LogP contribution is 1.93. The van der Waals surface area contributed by atoms with E-state index >= 15 is 0 Å². The minimum absolute atomic E-state index is 0.438. The molecule has 4 N–H and O–H groups in total. The Morgan fingerprint density at radius 1 is 1.40 bits per heavy atom. The van der Waals surface area contributed by atoms with Crippen LogP contribution in [0, 0.1) is 5.92 Å². The quantitative estimate of drug-likeness (QED) is 0.503. The maximum atomic E-state index is 10.3. The zero-order valence-corrected chi connectivity index (χ0v) is 5.70. The van der Waals surface area contributed by atoms with Crippen LogP contribution in [0.5, 0.6) is 0 Å². The van der Waals surface area contributed by atoms with Crippen LogP contribution in [0.3, 0.4) is 0 Å². The third-order valence-electron chi connectivity index (χ3n) is 0.998. The lowest BCUT2D eigenvalue weighted by Gasteiger charge is -1.95. The molecule has 1 unspecified atom stereocenters. The van der Waals surface area contributed by atoms with Gasteiger partial charge in [0.25, 0.3) is 0 Å². The number of hydrogen-bond acceptors (Lipinski definition) is 2. The van der Waals surface area contributed by atoms with Crippen LogP contribution in [0.25, 0.3) is 0 Å². The maximum Gasteiger partial charge on any atom is 0.241 e. The molecule has 56 valence electrons. The third-order valence-corrected chi connectivity index (χ3v) is 0.998. The molecule has 0 aliphatic carbocycles. The van der Waals surface area contributed by atoms with Crippen molar-refractivity contribution in [1.82, 2.24) is 0 Å². The number of amides is 2. The van der Waals surface area contributed by atoms with Gasteiger partial charge in [-0.05, 0) is 6.08 Å². The van der Waals surface area contributed by atoms with Crippen LogP contribution < -0.4 is 11.5 Å². The Morgan fingerprint density at radius 3 is 2.20 bits per heavy atom. The van der Waals surface area contributed by atoms with E-state index in [1.165, 1.54) is 6.08 Å². The molecule has 10 heavy (non-hydrogen) atoms. The Hall–Kier alpha value is -1.32. The molecule has 0 aromatic heterocycles. The minimum atomic E-state index is -0.576. The van der Waals surface area contributed by atoms with E-state index in [0.717, 1.165) is 6.08 Å². The molecule has 0 spiro atoms. The molecule has 0 saturated heterocycles. The van der Waals surface area contributed by atoms with Gasteiger partial charge in [0.15, 0.2) is 0 Å². The van der Waals surface area contributed by atoms with Crippen molar-refractivity contribution in [2.45, 2.75) is 6.92 Å². The summed E-state index contributed by atoms with van der Waals surface area (Å²) in [5, 5.41) is 0. The second kappa shape index (κ2) is 3.66. The van der Waals surface area contributed by atoms with E-state index in [-0.39, 0.29) is 0 Å². The summed E-state index contributed by atoms with van der Waals surface area (Å²) >= 11 is 0. The average Bonchev–Trinajstić information content (AvgIpc) is 1.82. The van der Waals surface area contributed by atoms with Crippen LogP contribution in [-0.2, 0) is 9.59 Å². The van der Waals surface area contributed by atoms with E-state index in [1.54, 1.807) is 6.92 Å². The predicted octanol–water partition coefficient (Wildman–Crippen LogP) is -0.851. The first-order valence-electron chi connectivity index (χ1n) is 2.81. The molecule has 2 amide bonds. The third kappa shape index (κ3) is 3.65. The summed E-state index contributed by atoms with van der Waals surface area (Å²) in [7, 11) is 0. The van der Waals surface area contributed by atoms with Gasteiger partial charge in [-0.1, -0.05) is 13.0 Å². The van der Waals surface area contributed by atoms with Gasteiger partial charge in [0.2, 0.25) is 11.8 Å². The van der Waals surface area contributed by atoms with Crippen LogP contribution in [-0.4, -0.2) is 11.8 Å². The zero-order chi connectivity index (χ0) is 8.15. The molecule has 0 radical (unpaired) electrons. The highest BCUT2D eigenvalue weighted by atomic mass is 16.1. The van der Waals surface area contributed by atoms with Gasteiger partial charge >= 0.3 is 0 Å². The monoisotopic (exact) mass is 142 g/mol. The Morgan fingerprint density at radius 2 is 1.90 bits per heavy atom. The Bertz CT molecular complexity index is 175. The van der Waals surface area contributed by atoms with Crippen LogP contribution in [0.15, 0.2) is 12.2 Å². The fraction of sp³-hybridized carbons (Fsp3) is 0.333. The first-order chi connectivity index (χ1) is 4.54. The Labute approximate surface area is 58.9 Å². The lowest BCUT2D eigenvalue weighted by molar-refractivity contribution is -0.120. The Kier molecular flexibility index (Phi) is 3.17. The second-order valence-electron chi connectivity index (χ2n) is 1.95. The molecule has 0 aliphatic rings. The molecule has 0 rings (SSSR count). The number of primary amides is 2. The fourth-order valence-corrected chi connectivity index (χ4v) is 0.334. The van der Waals surface area contributed by atoms with Crippen LogP contribution in [0.2, 0.25) is 0 Å². The van der Waals surface area contributed by atoms with Crippen LogP contribution in [0.1, 0.15) is 6.92 Å². The minimum Gasteiger partial charge on any atom is -0.369 e. The van der Waals surface area contributed by atoms with Crippen molar-refractivity contribution < 1.29 is 9.59 Å². The Balaban J connectivity index is 3.89. The summed E-state index contributed by atoms with van der Waals surface area (Å²) < 4.78 is 0. The summed E-state index contributed by atoms with van der Waals surface area (Å²) in [6.45, 7) is 1.59. The number of carbonyl (C=O) groups excluding carboxylic acids is 2. The molecular weight excluding hydrogens is 132 g/mol. The average molecular weight is 142 g/mol. The smallest absolute Gasteiger partial charge is 0.241 e. The van der Waals surface area contributed by atoms with Gasteiger partial charge in [0, 0.05) is 0 Å². The van der Waals surface area contributed by atoms with Crippen LogP contribution >= 0.6 is 0 Å². The predicted molar refractivity (Wildman–Crippen MR) is 36.7 cm³/mol. The molecule has 1 atom stereocenters. The second-order valence-corrected chi connectivity index (χ2v) is 1.95. The lowest BCUT2D eigenvalue weighted by atomic mass is 10.1. The highest BCUT2D eigenvalue weighted by Gasteiger charge is 2.02. The van der Waals surface area contributed by atoms with Gasteiger partial charge in [0.05, 0.1) is 5.92 Å². The van der Waals surface area contributed by atoms with Crippen molar-refractivity contribution in [3.63, 3.8) is 0 Å². The molecule has 0 saturated carbocycles. The van der Waals surface area contributed by atoms with E-state index < -0.39 is 17.7 Å². The maximum absolute atomic E-state index is 10.3. The van der Waals surface area contributed by atoms with E-state index in [0.29, 0.717) is 0 Å². The molecule has 0 aromatic rings. The molecule has 0 aromatic carbocycles. The summed E-state index contributed by atoms with van der Waals surface area (Å²) in [4.78, 5) is 20.4. The van der Waals surface area contributed by atoms with Crippen molar-refractivity contribution in [1.29, 1.82) is 0 Å². The van der Waals surface area contributed by atoms with Gasteiger partial charge in [0.1, 0.15) is 0 Å². The highest BCUT2D eigenvalue weighted by molar-refractivity contribution is 5.87. The van der Waals surface area contributed by atoms with Crippen LogP contribution in [0.4, 0.5) is 0 Å². The number of rotatable bonds is 3. The summed E-state index contributed by atoms with van der Waals surface area (Å²) in [6, 6.07) is 0. The van der Waals surface area contributed by atoms with Crippen molar-refractivity contribution in [3.8, 4) is 0 Å².